The van der Waals surface area contributed by atoms with Crippen LogP contribution >= 0.6 is 0 Å². The third kappa shape index (κ3) is 2.57. The largest absolute Gasteiger partial charge is 0.493 e. The van der Waals surface area contributed by atoms with Gasteiger partial charge in [-0.3, -0.25) is 0 Å². The van der Waals surface area contributed by atoms with E-state index < -0.39 is 5.97 Å². The first-order valence-electron chi connectivity index (χ1n) is 7.63. The molecule has 1 saturated carbocycles. The number of carboxylic acid groups (broad SMARTS) is 1. The Balaban J connectivity index is 1.56. The standard InChI is InChI=1S/C18H22O3/c1-18(2)14-7-6-12(16(18)11-14)8-9-21-15-5-3-4-13(10-15)17(19)20/h3-6,10,14,16H,7-9,11H2,1-2H3,(H,19,20). The lowest BCUT2D eigenvalue weighted by molar-refractivity contribution is -0.00917. The summed E-state index contributed by atoms with van der Waals surface area (Å²) in [5, 5.41) is 8.97. The van der Waals surface area contributed by atoms with Crippen LogP contribution in [0, 0.1) is 17.3 Å². The summed E-state index contributed by atoms with van der Waals surface area (Å²) < 4.78 is 5.73. The van der Waals surface area contributed by atoms with Crippen molar-refractivity contribution in [3.8, 4) is 5.75 Å². The monoisotopic (exact) mass is 286 g/mol. The van der Waals surface area contributed by atoms with Gasteiger partial charge in [-0.25, -0.2) is 4.79 Å². The number of aromatic carboxylic acids is 1. The zero-order valence-corrected chi connectivity index (χ0v) is 12.6. The van der Waals surface area contributed by atoms with Gasteiger partial charge in [0.25, 0.3) is 0 Å². The quantitative estimate of drug-likeness (QED) is 0.827. The fourth-order valence-corrected chi connectivity index (χ4v) is 3.76. The van der Waals surface area contributed by atoms with Crippen LogP contribution in [0.1, 0.15) is 43.5 Å². The van der Waals surface area contributed by atoms with E-state index in [0.717, 1.165) is 12.3 Å². The predicted octanol–water partition coefficient (Wildman–Crippen LogP) is 4.15. The van der Waals surface area contributed by atoms with Crippen molar-refractivity contribution in [2.75, 3.05) is 6.61 Å². The third-order valence-electron chi connectivity index (χ3n) is 5.32. The van der Waals surface area contributed by atoms with Crippen LogP contribution < -0.4 is 4.74 Å². The fourth-order valence-electron chi connectivity index (χ4n) is 3.76. The van der Waals surface area contributed by atoms with Gasteiger partial charge in [-0.2, -0.15) is 0 Å². The first-order chi connectivity index (χ1) is 9.98. The molecule has 0 aliphatic heterocycles. The molecule has 0 aromatic heterocycles. The van der Waals surface area contributed by atoms with Crippen molar-refractivity contribution in [3.05, 3.63) is 41.5 Å². The second kappa shape index (κ2) is 5.21. The Kier molecular flexibility index (Phi) is 3.52. The van der Waals surface area contributed by atoms with Gasteiger partial charge in [-0.15, -0.1) is 0 Å². The van der Waals surface area contributed by atoms with Crippen molar-refractivity contribution < 1.29 is 14.6 Å². The summed E-state index contributed by atoms with van der Waals surface area (Å²) in [7, 11) is 0. The molecule has 112 valence electrons. The maximum atomic E-state index is 10.9. The average Bonchev–Trinajstić information content (AvgIpc) is 2.47. The van der Waals surface area contributed by atoms with E-state index in [1.54, 1.807) is 18.2 Å². The summed E-state index contributed by atoms with van der Waals surface area (Å²) in [5.41, 5.74) is 2.25. The molecule has 1 N–H and O–H groups in total. The van der Waals surface area contributed by atoms with Gasteiger partial charge in [0.15, 0.2) is 0 Å². The molecule has 21 heavy (non-hydrogen) atoms. The van der Waals surface area contributed by atoms with Gasteiger partial charge in [-0.1, -0.05) is 31.6 Å². The molecule has 4 rings (SSSR count). The molecule has 3 nitrogen and oxygen atoms in total. The maximum Gasteiger partial charge on any atom is 0.335 e. The SMILES string of the molecule is CC1(C)C2CC=C(CCOc3cccc(C(=O)O)c3)C1C2. The van der Waals surface area contributed by atoms with E-state index in [4.69, 9.17) is 9.84 Å². The number of rotatable bonds is 5. The molecular formula is C18H22O3. The Morgan fingerprint density at radius 3 is 2.90 bits per heavy atom. The number of ether oxygens (including phenoxy) is 1. The van der Waals surface area contributed by atoms with Crippen LogP contribution in [-0.4, -0.2) is 17.7 Å². The van der Waals surface area contributed by atoms with Gasteiger partial charge >= 0.3 is 5.97 Å². The highest BCUT2D eigenvalue weighted by atomic mass is 16.5. The molecule has 3 heteroatoms. The van der Waals surface area contributed by atoms with Gasteiger partial charge in [0.05, 0.1) is 12.2 Å². The van der Waals surface area contributed by atoms with Gasteiger partial charge in [0.2, 0.25) is 0 Å². The number of carboxylic acids is 1. The van der Waals surface area contributed by atoms with Crippen LogP contribution in [0.25, 0.3) is 0 Å². The highest BCUT2D eigenvalue weighted by Gasteiger charge is 2.50. The lowest BCUT2D eigenvalue weighted by Gasteiger charge is -2.56. The smallest absolute Gasteiger partial charge is 0.335 e. The van der Waals surface area contributed by atoms with Crippen molar-refractivity contribution in [1.82, 2.24) is 0 Å². The third-order valence-corrected chi connectivity index (χ3v) is 5.32. The van der Waals surface area contributed by atoms with E-state index in [1.165, 1.54) is 18.4 Å². The van der Waals surface area contributed by atoms with Crippen LogP contribution in [0.2, 0.25) is 0 Å². The molecule has 0 radical (unpaired) electrons. The number of benzene rings is 1. The summed E-state index contributed by atoms with van der Waals surface area (Å²) in [6, 6.07) is 6.69. The predicted molar refractivity (Wildman–Crippen MR) is 81.6 cm³/mol. The lowest BCUT2D eigenvalue weighted by Crippen LogP contribution is -2.48. The molecule has 3 aliphatic rings. The van der Waals surface area contributed by atoms with Crippen LogP contribution in [0.4, 0.5) is 0 Å². The average molecular weight is 286 g/mol. The van der Waals surface area contributed by atoms with Gasteiger partial charge in [0, 0.05) is 6.42 Å². The molecule has 0 heterocycles. The molecule has 2 unspecified atom stereocenters. The van der Waals surface area contributed by atoms with Crippen LogP contribution in [0.15, 0.2) is 35.9 Å². The van der Waals surface area contributed by atoms with E-state index in [1.807, 2.05) is 6.07 Å². The molecule has 3 aliphatic carbocycles. The number of fused-ring (bicyclic) bond motifs is 1. The van der Waals surface area contributed by atoms with E-state index in [9.17, 15) is 4.79 Å². The Hall–Kier alpha value is -1.77. The van der Waals surface area contributed by atoms with Gasteiger partial charge < -0.3 is 9.84 Å². The van der Waals surface area contributed by atoms with Crippen LogP contribution in [-0.2, 0) is 0 Å². The second-order valence-electron chi connectivity index (χ2n) is 6.75. The van der Waals surface area contributed by atoms with E-state index in [-0.39, 0.29) is 5.56 Å². The van der Waals surface area contributed by atoms with Crippen LogP contribution in [0.5, 0.6) is 5.75 Å². The van der Waals surface area contributed by atoms with E-state index >= 15 is 0 Å². The molecule has 0 amide bonds. The lowest BCUT2D eigenvalue weighted by atomic mass is 9.48. The van der Waals surface area contributed by atoms with Gasteiger partial charge in [-0.05, 0) is 48.3 Å². The zero-order valence-electron chi connectivity index (χ0n) is 12.6. The molecule has 1 aromatic rings. The highest BCUT2D eigenvalue weighted by molar-refractivity contribution is 5.87. The number of hydrogen-bond donors (Lipinski definition) is 1. The maximum absolute atomic E-state index is 10.9. The minimum absolute atomic E-state index is 0.271. The first-order valence-corrected chi connectivity index (χ1v) is 7.63. The van der Waals surface area contributed by atoms with Crippen molar-refractivity contribution in [2.45, 2.75) is 33.1 Å². The molecule has 2 bridgehead atoms. The van der Waals surface area contributed by atoms with Crippen molar-refractivity contribution in [3.63, 3.8) is 0 Å². The van der Waals surface area contributed by atoms with E-state index in [2.05, 4.69) is 19.9 Å². The van der Waals surface area contributed by atoms with Crippen molar-refractivity contribution >= 4 is 5.97 Å². The Labute approximate surface area is 125 Å². The minimum Gasteiger partial charge on any atom is -0.493 e. The molecule has 1 fully saturated rings. The Morgan fingerprint density at radius 2 is 2.24 bits per heavy atom. The summed E-state index contributed by atoms with van der Waals surface area (Å²) >= 11 is 0. The Bertz CT molecular complexity index is 586. The topological polar surface area (TPSA) is 46.5 Å². The summed E-state index contributed by atoms with van der Waals surface area (Å²) in [6.45, 7) is 5.36. The summed E-state index contributed by atoms with van der Waals surface area (Å²) in [4.78, 5) is 10.9. The minimum atomic E-state index is -0.919. The summed E-state index contributed by atoms with van der Waals surface area (Å²) in [5.74, 6) is 1.29. The van der Waals surface area contributed by atoms with E-state index in [0.29, 0.717) is 23.7 Å². The van der Waals surface area contributed by atoms with Crippen LogP contribution in [0.3, 0.4) is 0 Å². The molecule has 1 aromatic carbocycles. The normalized spacial score (nSPS) is 25.7. The second-order valence-corrected chi connectivity index (χ2v) is 6.75. The highest BCUT2D eigenvalue weighted by Crippen LogP contribution is 2.59. The molecule has 0 spiro atoms. The Morgan fingerprint density at radius 1 is 1.43 bits per heavy atom. The number of hydrogen-bond acceptors (Lipinski definition) is 2. The summed E-state index contributed by atoms with van der Waals surface area (Å²) in [6.07, 6.45) is 5.86. The van der Waals surface area contributed by atoms with Crippen molar-refractivity contribution in [1.29, 1.82) is 0 Å². The molecule has 0 saturated heterocycles. The zero-order chi connectivity index (χ0) is 15.0. The first kappa shape index (κ1) is 14.2. The fraction of sp³-hybridized carbons (Fsp3) is 0.500. The molecule has 2 atom stereocenters. The number of carbonyl (C=O) groups is 1. The van der Waals surface area contributed by atoms with Gasteiger partial charge in [0.1, 0.15) is 5.75 Å². The van der Waals surface area contributed by atoms with Crippen molar-refractivity contribution in [2.24, 2.45) is 17.3 Å². The molecular weight excluding hydrogens is 264 g/mol. The number of allylic oxidation sites excluding steroid dienone is 1.